The third kappa shape index (κ3) is 4.95. The number of benzene rings is 4. The first-order valence-electron chi connectivity index (χ1n) is 13.2. The molecule has 4 heteroatoms. The Morgan fingerprint density at radius 1 is 0.921 bits per heavy atom. The topological polar surface area (TPSA) is 42.8 Å². The third-order valence-electron chi connectivity index (χ3n) is 7.56. The number of anilines is 1. The second-order valence-corrected chi connectivity index (χ2v) is 10.1. The summed E-state index contributed by atoms with van der Waals surface area (Å²) in [6.07, 6.45) is 7.70. The van der Waals surface area contributed by atoms with E-state index in [1.807, 2.05) is 54.7 Å². The predicted molar refractivity (Wildman–Crippen MR) is 155 cm³/mol. The first-order chi connectivity index (χ1) is 18.7. The maximum Gasteiger partial charge on any atom is 0.161 e. The van der Waals surface area contributed by atoms with E-state index in [0.717, 1.165) is 23.2 Å². The average Bonchev–Trinajstić information content (AvgIpc) is 3.46. The number of allylic oxidation sites excluding steroid dienone is 2. The van der Waals surface area contributed by atoms with Gasteiger partial charge in [0.25, 0.3) is 0 Å². The highest BCUT2D eigenvalue weighted by Gasteiger charge is 2.37. The Kier molecular flexibility index (Phi) is 6.70. The van der Waals surface area contributed by atoms with E-state index in [0.29, 0.717) is 29.9 Å². The molecule has 0 saturated carbocycles. The maximum absolute atomic E-state index is 5.98. The highest BCUT2D eigenvalue weighted by Crippen LogP contribution is 2.50. The quantitative estimate of drug-likeness (QED) is 0.206. The molecule has 1 N–H and O–H groups in total. The van der Waals surface area contributed by atoms with Crippen molar-refractivity contribution < 1.29 is 9.47 Å². The van der Waals surface area contributed by atoms with Gasteiger partial charge in [0.1, 0.15) is 6.61 Å². The number of fused-ring (bicyclic) bond motifs is 3. The summed E-state index contributed by atoms with van der Waals surface area (Å²) in [5, 5.41) is 3.82. The SMILES string of the molecule is COc1cc(C=Nc2ccc([C@@H]3Nc4ccc(C)cc4[C@H]4C=CC[C@@H]43)cc2)ccc1OCc1ccccc1. The summed E-state index contributed by atoms with van der Waals surface area (Å²) in [6.45, 7) is 2.67. The molecule has 0 fully saturated rings. The first-order valence-corrected chi connectivity index (χ1v) is 13.2. The number of ether oxygens (including phenoxy) is 2. The van der Waals surface area contributed by atoms with Gasteiger partial charge in [-0.15, -0.1) is 0 Å². The lowest BCUT2D eigenvalue weighted by atomic mass is 9.76. The predicted octanol–water partition coefficient (Wildman–Crippen LogP) is 8.16. The minimum absolute atomic E-state index is 0.288. The van der Waals surface area contributed by atoms with Gasteiger partial charge in [-0.2, -0.15) is 0 Å². The first kappa shape index (κ1) is 24.1. The van der Waals surface area contributed by atoms with Crippen LogP contribution in [-0.4, -0.2) is 13.3 Å². The van der Waals surface area contributed by atoms with Gasteiger partial charge in [-0.25, -0.2) is 0 Å². The molecule has 0 bridgehead atoms. The lowest BCUT2D eigenvalue weighted by Gasteiger charge is -2.37. The summed E-state index contributed by atoms with van der Waals surface area (Å²) in [4.78, 5) is 4.72. The molecule has 0 amide bonds. The van der Waals surface area contributed by atoms with E-state index in [9.17, 15) is 0 Å². The molecule has 6 rings (SSSR count). The Morgan fingerprint density at radius 2 is 1.76 bits per heavy atom. The van der Waals surface area contributed by atoms with Crippen LogP contribution in [0, 0.1) is 12.8 Å². The Morgan fingerprint density at radius 3 is 2.58 bits per heavy atom. The molecular formula is C34H32N2O2. The van der Waals surface area contributed by atoms with E-state index in [2.05, 4.69) is 66.9 Å². The zero-order valence-electron chi connectivity index (χ0n) is 21.8. The van der Waals surface area contributed by atoms with Crippen LogP contribution in [0.2, 0.25) is 0 Å². The molecule has 0 radical (unpaired) electrons. The van der Waals surface area contributed by atoms with Gasteiger partial charge in [-0.05, 0) is 77.9 Å². The van der Waals surface area contributed by atoms with Crippen LogP contribution in [0.4, 0.5) is 11.4 Å². The minimum atomic E-state index is 0.288. The molecule has 1 heterocycles. The second-order valence-electron chi connectivity index (χ2n) is 10.1. The van der Waals surface area contributed by atoms with Crippen molar-refractivity contribution in [1.82, 2.24) is 0 Å². The number of rotatable bonds is 7. The van der Waals surface area contributed by atoms with Crippen LogP contribution in [0.5, 0.6) is 11.5 Å². The Labute approximate surface area is 224 Å². The number of aryl methyl sites for hydroxylation is 1. The van der Waals surface area contributed by atoms with E-state index in [1.54, 1.807) is 7.11 Å². The van der Waals surface area contributed by atoms with Crippen LogP contribution in [0.1, 0.15) is 46.2 Å². The van der Waals surface area contributed by atoms with Gasteiger partial charge >= 0.3 is 0 Å². The second kappa shape index (κ2) is 10.6. The zero-order chi connectivity index (χ0) is 25.9. The van der Waals surface area contributed by atoms with E-state index in [1.165, 1.54) is 22.4 Å². The monoisotopic (exact) mass is 500 g/mol. The van der Waals surface area contributed by atoms with Crippen molar-refractivity contribution in [3.8, 4) is 11.5 Å². The summed E-state index contributed by atoms with van der Waals surface area (Å²) in [6, 6.07) is 31.7. The molecule has 0 aromatic heterocycles. The van der Waals surface area contributed by atoms with Crippen molar-refractivity contribution in [2.75, 3.05) is 12.4 Å². The van der Waals surface area contributed by atoms with E-state index in [-0.39, 0.29) is 6.04 Å². The molecule has 1 aliphatic heterocycles. The molecule has 0 spiro atoms. The van der Waals surface area contributed by atoms with Gasteiger partial charge in [0.15, 0.2) is 11.5 Å². The fourth-order valence-corrected chi connectivity index (χ4v) is 5.58. The van der Waals surface area contributed by atoms with Gasteiger partial charge in [0.05, 0.1) is 18.8 Å². The molecular weight excluding hydrogens is 468 g/mol. The summed E-state index contributed by atoms with van der Waals surface area (Å²) >= 11 is 0. The number of aliphatic imine (C=N–C) groups is 1. The molecule has 4 aromatic carbocycles. The Hall–Kier alpha value is -4.31. The zero-order valence-corrected chi connectivity index (χ0v) is 21.8. The minimum Gasteiger partial charge on any atom is -0.493 e. The highest BCUT2D eigenvalue weighted by atomic mass is 16.5. The van der Waals surface area contributed by atoms with E-state index >= 15 is 0 Å². The van der Waals surface area contributed by atoms with Gasteiger partial charge in [0, 0.05) is 17.8 Å². The standard InChI is InChI=1S/C34H32N2O2/c1-23-11-17-31-30(19-23)28-9-6-10-29(28)34(36-31)26-13-15-27(16-14-26)35-21-25-12-18-32(33(20-25)37-2)38-22-24-7-4-3-5-8-24/h3-9,11-21,28-29,34,36H,10,22H2,1-2H3/t28-,29-,34-/m0/s1. The van der Waals surface area contributed by atoms with Crippen LogP contribution >= 0.6 is 0 Å². The molecule has 4 aromatic rings. The molecule has 38 heavy (non-hydrogen) atoms. The van der Waals surface area contributed by atoms with Crippen LogP contribution in [0.25, 0.3) is 0 Å². The Bertz CT molecular complexity index is 1470. The summed E-state index contributed by atoms with van der Waals surface area (Å²) in [5.41, 5.74) is 8.29. The van der Waals surface area contributed by atoms with Crippen LogP contribution in [-0.2, 0) is 6.61 Å². The summed E-state index contributed by atoms with van der Waals surface area (Å²) < 4.78 is 11.6. The molecule has 2 aliphatic rings. The van der Waals surface area contributed by atoms with Crippen molar-refractivity contribution in [3.63, 3.8) is 0 Å². The largest absolute Gasteiger partial charge is 0.493 e. The number of nitrogens with one attached hydrogen (secondary N) is 1. The third-order valence-corrected chi connectivity index (χ3v) is 7.56. The van der Waals surface area contributed by atoms with Crippen LogP contribution in [0.15, 0.2) is 108 Å². The molecule has 4 nitrogen and oxygen atoms in total. The van der Waals surface area contributed by atoms with Gasteiger partial charge in [-0.3, -0.25) is 4.99 Å². The van der Waals surface area contributed by atoms with Crippen LogP contribution in [0.3, 0.4) is 0 Å². The average molecular weight is 501 g/mol. The van der Waals surface area contributed by atoms with Gasteiger partial charge < -0.3 is 14.8 Å². The molecule has 0 saturated heterocycles. The fourth-order valence-electron chi connectivity index (χ4n) is 5.58. The lowest BCUT2D eigenvalue weighted by molar-refractivity contribution is 0.284. The number of hydrogen-bond donors (Lipinski definition) is 1. The van der Waals surface area contributed by atoms with Crippen molar-refractivity contribution in [3.05, 3.63) is 131 Å². The number of hydrogen-bond acceptors (Lipinski definition) is 4. The summed E-state index contributed by atoms with van der Waals surface area (Å²) in [7, 11) is 1.66. The van der Waals surface area contributed by atoms with Crippen molar-refractivity contribution >= 4 is 17.6 Å². The van der Waals surface area contributed by atoms with Crippen molar-refractivity contribution in [2.45, 2.75) is 31.9 Å². The molecule has 190 valence electrons. The van der Waals surface area contributed by atoms with Crippen LogP contribution < -0.4 is 14.8 Å². The van der Waals surface area contributed by atoms with Gasteiger partial charge in [0.2, 0.25) is 0 Å². The smallest absolute Gasteiger partial charge is 0.161 e. The molecule has 1 aliphatic carbocycles. The van der Waals surface area contributed by atoms with E-state index < -0.39 is 0 Å². The Balaban J connectivity index is 1.15. The summed E-state index contributed by atoms with van der Waals surface area (Å²) in [5.74, 6) is 2.42. The molecule has 3 atom stereocenters. The fraction of sp³-hybridized carbons (Fsp3) is 0.206. The maximum atomic E-state index is 5.98. The van der Waals surface area contributed by atoms with Gasteiger partial charge in [-0.1, -0.05) is 72.3 Å². The lowest BCUT2D eigenvalue weighted by Crippen LogP contribution is -2.29. The highest BCUT2D eigenvalue weighted by molar-refractivity contribution is 5.83. The van der Waals surface area contributed by atoms with Crippen molar-refractivity contribution in [1.29, 1.82) is 0 Å². The van der Waals surface area contributed by atoms with Crippen molar-refractivity contribution in [2.24, 2.45) is 10.9 Å². The van der Waals surface area contributed by atoms with E-state index in [4.69, 9.17) is 14.5 Å². The number of methoxy groups -OCH3 is 1. The molecule has 0 unspecified atom stereocenters. The number of nitrogens with zero attached hydrogens (tertiary/aromatic N) is 1. The normalized spacial score (nSPS) is 19.6.